The van der Waals surface area contributed by atoms with E-state index in [0.717, 1.165) is 5.56 Å². The van der Waals surface area contributed by atoms with E-state index >= 15 is 0 Å². The van der Waals surface area contributed by atoms with E-state index in [-0.39, 0.29) is 0 Å². The second-order valence-electron chi connectivity index (χ2n) is 3.44. The Bertz CT molecular complexity index is 466. The highest BCUT2D eigenvalue weighted by atomic mass is 32.1. The summed E-state index contributed by atoms with van der Waals surface area (Å²) in [4.78, 5) is 14.8. The van der Waals surface area contributed by atoms with Crippen LogP contribution in [0.1, 0.15) is 0 Å². The lowest BCUT2D eigenvalue weighted by atomic mass is 10.3. The van der Waals surface area contributed by atoms with Crippen LogP contribution in [-0.4, -0.2) is 36.1 Å². The average Bonchev–Trinajstić information content (AvgIpc) is 2.81. The Kier molecular flexibility index (Phi) is 3.00. The van der Waals surface area contributed by atoms with Gasteiger partial charge in [0.2, 0.25) is 11.9 Å². The SMILES string of the molecule is CNc1nc(-c2ccsc2)nc(N(C)C)n1. The molecule has 0 unspecified atom stereocenters. The van der Waals surface area contributed by atoms with E-state index in [2.05, 4.69) is 20.3 Å². The Balaban J connectivity index is 2.49. The van der Waals surface area contributed by atoms with Gasteiger partial charge in [-0.15, -0.1) is 0 Å². The van der Waals surface area contributed by atoms with Crippen molar-refractivity contribution >= 4 is 23.2 Å². The lowest BCUT2D eigenvalue weighted by molar-refractivity contribution is 0.964. The highest BCUT2D eigenvalue weighted by molar-refractivity contribution is 7.08. The van der Waals surface area contributed by atoms with Crippen molar-refractivity contribution in [3.8, 4) is 11.4 Å². The molecule has 2 aromatic rings. The van der Waals surface area contributed by atoms with Gasteiger partial charge in [-0.3, -0.25) is 0 Å². The van der Waals surface area contributed by atoms with E-state index in [0.29, 0.717) is 17.7 Å². The fraction of sp³-hybridized carbons (Fsp3) is 0.300. The smallest absolute Gasteiger partial charge is 0.230 e. The minimum absolute atomic E-state index is 0.583. The van der Waals surface area contributed by atoms with Crippen LogP contribution in [0.15, 0.2) is 16.8 Å². The molecule has 1 N–H and O–H groups in total. The summed E-state index contributed by atoms with van der Waals surface area (Å²) in [6.45, 7) is 0. The Hall–Kier alpha value is -1.69. The number of nitrogens with zero attached hydrogens (tertiary/aromatic N) is 4. The summed E-state index contributed by atoms with van der Waals surface area (Å²) in [6, 6.07) is 2.00. The highest BCUT2D eigenvalue weighted by Crippen LogP contribution is 2.20. The first-order chi connectivity index (χ1) is 7.70. The van der Waals surface area contributed by atoms with Crippen LogP contribution in [0.2, 0.25) is 0 Å². The van der Waals surface area contributed by atoms with Crippen LogP contribution in [0.5, 0.6) is 0 Å². The predicted octanol–water partition coefficient (Wildman–Crippen LogP) is 1.71. The Morgan fingerprint density at radius 1 is 1.25 bits per heavy atom. The zero-order valence-electron chi connectivity index (χ0n) is 9.43. The van der Waals surface area contributed by atoms with Gasteiger partial charge in [0.1, 0.15) is 0 Å². The normalized spacial score (nSPS) is 10.2. The first-order valence-electron chi connectivity index (χ1n) is 4.84. The van der Waals surface area contributed by atoms with Crippen molar-refractivity contribution in [2.45, 2.75) is 0 Å². The van der Waals surface area contributed by atoms with Gasteiger partial charge < -0.3 is 10.2 Å². The molecule has 0 saturated heterocycles. The van der Waals surface area contributed by atoms with Gasteiger partial charge in [-0.1, -0.05) is 0 Å². The fourth-order valence-corrected chi connectivity index (χ4v) is 1.83. The van der Waals surface area contributed by atoms with E-state index in [1.807, 2.05) is 35.8 Å². The molecule has 0 amide bonds. The molecule has 0 aliphatic carbocycles. The minimum Gasteiger partial charge on any atom is -0.357 e. The zero-order chi connectivity index (χ0) is 11.5. The second kappa shape index (κ2) is 4.44. The van der Waals surface area contributed by atoms with Crippen molar-refractivity contribution in [3.63, 3.8) is 0 Å². The summed E-state index contributed by atoms with van der Waals surface area (Å²) in [7, 11) is 5.62. The molecule has 5 nitrogen and oxygen atoms in total. The monoisotopic (exact) mass is 235 g/mol. The number of hydrogen-bond donors (Lipinski definition) is 1. The first kappa shape index (κ1) is 10.8. The number of nitrogens with one attached hydrogen (secondary N) is 1. The van der Waals surface area contributed by atoms with Crippen molar-refractivity contribution in [2.24, 2.45) is 0 Å². The molecule has 6 heteroatoms. The summed E-state index contributed by atoms with van der Waals surface area (Å²) in [5, 5.41) is 6.97. The third-order valence-electron chi connectivity index (χ3n) is 2.03. The minimum atomic E-state index is 0.583. The molecule has 0 saturated carbocycles. The van der Waals surface area contributed by atoms with Crippen LogP contribution < -0.4 is 10.2 Å². The third kappa shape index (κ3) is 2.11. The molecule has 0 fully saturated rings. The summed E-state index contributed by atoms with van der Waals surface area (Å²) in [5.74, 6) is 1.93. The molecule has 2 heterocycles. The van der Waals surface area contributed by atoms with Gasteiger partial charge in [0.15, 0.2) is 5.82 Å². The van der Waals surface area contributed by atoms with Gasteiger partial charge in [0, 0.05) is 32.1 Å². The maximum atomic E-state index is 4.39. The zero-order valence-corrected chi connectivity index (χ0v) is 10.2. The molecule has 2 rings (SSSR count). The van der Waals surface area contributed by atoms with Crippen LogP contribution in [0.3, 0.4) is 0 Å². The van der Waals surface area contributed by atoms with Gasteiger partial charge in [0.25, 0.3) is 0 Å². The summed E-state index contributed by atoms with van der Waals surface area (Å²) in [6.07, 6.45) is 0. The fourth-order valence-electron chi connectivity index (χ4n) is 1.20. The van der Waals surface area contributed by atoms with E-state index in [9.17, 15) is 0 Å². The lowest BCUT2D eigenvalue weighted by Gasteiger charge is -2.11. The summed E-state index contributed by atoms with van der Waals surface area (Å²) >= 11 is 1.63. The summed E-state index contributed by atoms with van der Waals surface area (Å²) < 4.78 is 0. The largest absolute Gasteiger partial charge is 0.357 e. The molecule has 84 valence electrons. The van der Waals surface area contributed by atoms with Crippen LogP contribution in [0.4, 0.5) is 11.9 Å². The number of thiophene rings is 1. The van der Waals surface area contributed by atoms with Crippen molar-refractivity contribution in [2.75, 3.05) is 31.4 Å². The number of anilines is 2. The van der Waals surface area contributed by atoms with E-state index in [4.69, 9.17) is 0 Å². The molecule has 0 bridgehead atoms. The van der Waals surface area contributed by atoms with Crippen LogP contribution in [0.25, 0.3) is 11.4 Å². The van der Waals surface area contributed by atoms with Crippen molar-refractivity contribution in [1.29, 1.82) is 0 Å². The Morgan fingerprint density at radius 3 is 2.62 bits per heavy atom. The van der Waals surface area contributed by atoms with E-state index in [1.54, 1.807) is 18.4 Å². The van der Waals surface area contributed by atoms with E-state index in [1.165, 1.54) is 0 Å². The van der Waals surface area contributed by atoms with Gasteiger partial charge >= 0.3 is 0 Å². The molecule has 0 aromatic carbocycles. The summed E-state index contributed by atoms with van der Waals surface area (Å²) in [5.41, 5.74) is 1.02. The van der Waals surface area contributed by atoms with E-state index < -0.39 is 0 Å². The number of hydrogen-bond acceptors (Lipinski definition) is 6. The number of aromatic nitrogens is 3. The van der Waals surface area contributed by atoms with Crippen molar-refractivity contribution in [1.82, 2.24) is 15.0 Å². The number of rotatable bonds is 3. The first-order valence-corrected chi connectivity index (χ1v) is 5.78. The molecule has 2 aromatic heterocycles. The third-order valence-corrected chi connectivity index (χ3v) is 2.71. The maximum Gasteiger partial charge on any atom is 0.230 e. The Labute approximate surface area is 98.2 Å². The van der Waals surface area contributed by atoms with Crippen LogP contribution in [-0.2, 0) is 0 Å². The average molecular weight is 235 g/mol. The topological polar surface area (TPSA) is 53.9 Å². The molecule has 0 spiro atoms. The quantitative estimate of drug-likeness (QED) is 0.877. The van der Waals surface area contributed by atoms with Crippen molar-refractivity contribution in [3.05, 3.63) is 16.8 Å². The molecular formula is C10H13N5S. The highest BCUT2D eigenvalue weighted by Gasteiger charge is 2.08. The second-order valence-corrected chi connectivity index (χ2v) is 4.22. The lowest BCUT2D eigenvalue weighted by Crippen LogP contribution is -2.15. The van der Waals surface area contributed by atoms with Crippen molar-refractivity contribution < 1.29 is 0 Å². The van der Waals surface area contributed by atoms with Crippen LogP contribution >= 0.6 is 11.3 Å². The molecule has 16 heavy (non-hydrogen) atoms. The predicted molar refractivity (Wildman–Crippen MR) is 67.0 cm³/mol. The van der Waals surface area contributed by atoms with Gasteiger partial charge in [0.05, 0.1) is 0 Å². The van der Waals surface area contributed by atoms with Gasteiger partial charge in [-0.2, -0.15) is 26.3 Å². The molecule has 0 atom stereocenters. The molecule has 0 aliphatic rings. The van der Waals surface area contributed by atoms with Crippen LogP contribution in [0, 0.1) is 0 Å². The molecule has 0 radical (unpaired) electrons. The van der Waals surface area contributed by atoms with Gasteiger partial charge in [-0.25, -0.2) is 0 Å². The Morgan fingerprint density at radius 2 is 2.06 bits per heavy atom. The molecular weight excluding hydrogens is 222 g/mol. The standard InChI is InChI=1S/C10H13N5S/c1-11-9-12-8(7-4-5-16-6-7)13-10(14-9)15(2)3/h4-6H,1-3H3,(H,11,12,13,14). The molecule has 0 aliphatic heterocycles. The van der Waals surface area contributed by atoms with Gasteiger partial charge in [-0.05, 0) is 11.4 Å². The maximum absolute atomic E-state index is 4.39.